The first-order chi connectivity index (χ1) is 8.95. The van der Waals surface area contributed by atoms with Gasteiger partial charge in [-0.2, -0.15) is 0 Å². The molecule has 3 heterocycles. The number of anilines is 1. The maximum Gasteiger partial charge on any atom is 0.225 e. The number of nitrogens with one attached hydrogen (secondary N) is 1. The molecule has 3 rings (SSSR count). The number of fused-ring (bicyclic) bond motifs is 1. The lowest BCUT2D eigenvalue weighted by Gasteiger charge is -2.36. The maximum absolute atomic E-state index is 11.7. The van der Waals surface area contributed by atoms with Gasteiger partial charge >= 0.3 is 0 Å². The fourth-order valence-electron chi connectivity index (χ4n) is 2.82. The summed E-state index contributed by atoms with van der Waals surface area (Å²) in [5, 5.41) is 3.45. The second-order valence-electron chi connectivity index (χ2n) is 5.42. The van der Waals surface area contributed by atoms with Gasteiger partial charge < -0.3 is 10.2 Å². The van der Waals surface area contributed by atoms with Gasteiger partial charge in [0.25, 0.3) is 0 Å². The van der Waals surface area contributed by atoms with Crippen molar-refractivity contribution in [3.63, 3.8) is 0 Å². The fraction of sp³-hybridized carbons (Fsp3) is 0.667. The largest absolute Gasteiger partial charge is 0.338 e. The monoisotopic (exact) mass is 282 g/mol. The number of hydrogen-bond donors (Lipinski definition) is 1. The molecular weight excluding hydrogens is 264 g/mol. The molecule has 0 bridgehead atoms. The lowest BCUT2D eigenvalue weighted by Crippen LogP contribution is -2.54. The molecule has 0 aliphatic carbocycles. The smallest absolute Gasteiger partial charge is 0.225 e. The van der Waals surface area contributed by atoms with Gasteiger partial charge in [-0.3, -0.25) is 0 Å². The number of aromatic nitrogens is 2. The van der Waals surface area contributed by atoms with Crippen molar-refractivity contribution in [2.45, 2.75) is 37.2 Å². The van der Waals surface area contributed by atoms with E-state index in [1.165, 1.54) is 6.20 Å². The predicted octanol–water partition coefficient (Wildman–Crippen LogP) is -0.00700. The van der Waals surface area contributed by atoms with Crippen LogP contribution in [0.5, 0.6) is 0 Å². The van der Waals surface area contributed by atoms with Crippen molar-refractivity contribution in [3.8, 4) is 0 Å². The highest BCUT2D eigenvalue weighted by molar-refractivity contribution is 7.91. The molecule has 0 unspecified atom stereocenters. The van der Waals surface area contributed by atoms with Crippen LogP contribution < -0.4 is 10.2 Å². The molecule has 1 N–H and O–H groups in total. The van der Waals surface area contributed by atoms with Crippen LogP contribution in [0.4, 0.5) is 5.95 Å². The van der Waals surface area contributed by atoms with Crippen LogP contribution in [-0.2, 0) is 16.3 Å². The van der Waals surface area contributed by atoms with E-state index in [2.05, 4.69) is 34.0 Å². The van der Waals surface area contributed by atoms with Crippen molar-refractivity contribution in [1.82, 2.24) is 15.3 Å². The van der Waals surface area contributed by atoms with Gasteiger partial charge in [0.2, 0.25) is 5.95 Å². The number of rotatable bonds is 1. The number of aryl methyl sites for hydroxylation is 1. The zero-order valence-electron chi connectivity index (χ0n) is 11.1. The first kappa shape index (κ1) is 12.8. The Balaban J connectivity index is 1.91. The SMILES string of the molecule is C[C@@H]1CN(c2ncc3c(n2)CCS3(=O)=O)C[C@H](C)N1. The van der Waals surface area contributed by atoms with E-state index < -0.39 is 9.84 Å². The molecule has 0 spiro atoms. The van der Waals surface area contributed by atoms with Crippen molar-refractivity contribution in [3.05, 3.63) is 11.9 Å². The number of nitrogens with zero attached hydrogens (tertiary/aromatic N) is 3. The summed E-state index contributed by atoms with van der Waals surface area (Å²) in [4.78, 5) is 11.1. The van der Waals surface area contributed by atoms with Gasteiger partial charge in [0.05, 0.1) is 17.6 Å². The molecule has 1 saturated heterocycles. The Kier molecular flexibility index (Phi) is 2.98. The van der Waals surface area contributed by atoms with E-state index in [9.17, 15) is 8.42 Å². The van der Waals surface area contributed by atoms with Crippen LogP contribution in [0.3, 0.4) is 0 Å². The zero-order valence-corrected chi connectivity index (χ0v) is 11.9. The minimum atomic E-state index is -3.13. The quantitative estimate of drug-likeness (QED) is 0.781. The Morgan fingerprint density at radius 1 is 1.32 bits per heavy atom. The molecule has 2 aliphatic rings. The van der Waals surface area contributed by atoms with E-state index in [4.69, 9.17) is 0 Å². The molecule has 0 aromatic carbocycles. The standard InChI is InChI=1S/C12H18N4O2S/c1-8-6-16(7-9(2)14-8)12-13-5-11-10(15-12)3-4-19(11,17)18/h5,8-9,14H,3-4,6-7H2,1-2H3/t8-,9+. The summed E-state index contributed by atoms with van der Waals surface area (Å²) < 4.78 is 23.5. The number of hydrogen-bond acceptors (Lipinski definition) is 6. The number of piperazine rings is 1. The van der Waals surface area contributed by atoms with Crippen LogP contribution in [0.2, 0.25) is 0 Å². The van der Waals surface area contributed by atoms with E-state index in [1.54, 1.807) is 0 Å². The molecule has 0 amide bonds. The number of sulfone groups is 1. The van der Waals surface area contributed by atoms with E-state index in [0.29, 0.717) is 35.0 Å². The first-order valence-electron chi connectivity index (χ1n) is 6.55. The zero-order chi connectivity index (χ0) is 13.6. The molecule has 7 heteroatoms. The predicted molar refractivity (Wildman–Crippen MR) is 72.1 cm³/mol. The van der Waals surface area contributed by atoms with Crippen molar-refractivity contribution in [1.29, 1.82) is 0 Å². The second-order valence-corrected chi connectivity index (χ2v) is 7.50. The van der Waals surface area contributed by atoms with E-state index >= 15 is 0 Å². The molecule has 2 atom stereocenters. The van der Waals surface area contributed by atoms with Gasteiger partial charge in [0.1, 0.15) is 4.90 Å². The van der Waals surface area contributed by atoms with Crippen molar-refractivity contribution >= 4 is 15.8 Å². The van der Waals surface area contributed by atoms with Gasteiger partial charge in [-0.15, -0.1) is 0 Å². The van der Waals surface area contributed by atoms with Crippen LogP contribution in [0, 0.1) is 0 Å². The third-order valence-electron chi connectivity index (χ3n) is 3.60. The van der Waals surface area contributed by atoms with Gasteiger partial charge in [-0.25, -0.2) is 18.4 Å². The molecule has 6 nitrogen and oxygen atoms in total. The third kappa shape index (κ3) is 2.32. The molecule has 0 saturated carbocycles. The topological polar surface area (TPSA) is 75.2 Å². The lowest BCUT2D eigenvalue weighted by atomic mass is 10.1. The van der Waals surface area contributed by atoms with Gasteiger partial charge in [-0.05, 0) is 13.8 Å². The normalized spacial score (nSPS) is 29.3. The molecule has 19 heavy (non-hydrogen) atoms. The Bertz CT molecular complexity index is 592. The summed E-state index contributed by atoms with van der Waals surface area (Å²) in [6.45, 7) is 5.94. The Hall–Kier alpha value is -1.21. The Labute approximate surface area is 113 Å². The summed E-state index contributed by atoms with van der Waals surface area (Å²) >= 11 is 0. The summed E-state index contributed by atoms with van der Waals surface area (Å²) in [6.07, 6.45) is 1.97. The van der Waals surface area contributed by atoms with Crippen LogP contribution in [0.15, 0.2) is 11.1 Å². The summed E-state index contributed by atoms with van der Waals surface area (Å²) in [7, 11) is -3.13. The average Bonchev–Trinajstić information content (AvgIpc) is 2.64. The molecule has 0 radical (unpaired) electrons. The van der Waals surface area contributed by atoms with Crippen LogP contribution in [-0.4, -0.2) is 49.3 Å². The fourth-order valence-corrected chi connectivity index (χ4v) is 4.22. The highest BCUT2D eigenvalue weighted by Gasteiger charge is 2.30. The molecule has 1 aromatic heterocycles. The maximum atomic E-state index is 11.7. The Morgan fingerprint density at radius 3 is 2.68 bits per heavy atom. The summed E-state index contributed by atoms with van der Waals surface area (Å²) in [5.41, 5.74) is 0.670. The average molecular weight is 282 g/mol. The van der Waals surface area contributed by atoms with Crippen LogP contribution in [0.25, 0.3) is 0 Å². The molecule has 2 aliphatic heterocycles. The minimum Gasteiger partial charge on any atom is -0.338 e. The lowest BCUT2D eigenvalue weighted by molar-refractivity contribution is 0.403. The molecule has 1 aromatic rings. The second kappa shape index (κ2) is 4.42. The van der Waals surface area contributed by atoms with Crippen molar-refractivity contribution in [2.75, 3.05) is 23.7 Å². The van der Waals surface area contributed by atoms with Crippen LogP contribution >= 0.6 is 0 Å². The highest BCUT2D eigenvalue weighted by atomic mass is 32.2. The highest BCUT2D eigenvalue weighted by Crippen LogP contribution is 2.25. The Morgan fingerprint density at radius 2 is 2.00 bits per heavy atom. The van der Waals surface area contributed by atoms with Crippen LogP contribution in [0.1, 0.15) is 19.5 Å². The van der Waals surface area contributed by atoms with Gasteiger partial charge in [-0.1, -0.05) is 0 Å². The van der Waals surface area contributed by atoms with Gasteiger partial charge in [0, 0.05) is 31.6 Å². The minimum absolute atomic E-state index is 0.162. The first-order valence-corrected chi connectivity index (χ1v) is 8.20. The van der Waals surface area contributed by atoms with E-state index in [-0.39, 0.29) is 5.75 Å². The molecular formula is C12H18N4O2S. The molecule has 1 fully saturated rings. The molecule has 104 valence electrons. The third-order valence-corrected chi connectivity index (χ3v) is 5.35. The van der Waals surface area contributed by atoms with Crippen molar-refractivity contribution in [2.24, 2.45) is 0 Å². The van der Waals surface area contributed by atoms with E-state index in [0.717, 1.165) is 13.1 Å². The van der Waals surface area contributed by atoms with Crippen molar-refractivity contribution < 1.29 is 8.42 Å². The summed E-state index contributed by atoms with van der Waals surface area (Å²) in [5.74, 6) is 0.811. The summed E-state index contributed by atoms with van der Waals surface area (Å²) in [6, 6.07) is 0.758. The van der Waals surface area contributed by atoms with E-state index in [1.807, 2.05) is 0 Å². The van der Waals surface area contributed by atoms with Gasteiger partial charge in [0.15, 0.2) is 9.84 Å².